The molecule has 0 saturated carbocycles. The lowest BCUT2D eigenvalue weighted by molar-refractivity contribution is 0.408. The minimum absolute atomic E-state index is 0.425. The summed E-state index contributed by atoms with van der Waals surface area (Å²) in [6, 6.07) is 7.98. The molecule has 0 aliphatic heterocycles. The fourth-order valence-electron chi connectivity index (χ4n) is 2.06. The molecule has 0 saturated heterocycles. The maximum atomic E-state index is 5.64. The van der Waals surface area contributed by atoms with Crippen molar-refractivity contribution < 1.29 is 9.15 Å². The number of hydrogen-bond acceptors (Lipinski definition) is 3. The first-order valence-corrected chi connectivity index (χ1v) is 5.60. The summed E-state index contributed by atoms with van der Waals surface area (Å²) in [4.78, 5) is 0. The number of rotatable bonds is 3. The van der Waals surface area contributed by atoms with Gasteiger partial charge in [0.2, 0.25) is 0 Å². The highest BCUT2D eigenvalue weighted by Gasteiger charge is 2.09. The first-order chi connectivity index (χ1) is 8.15. The lowest BCUT2D eigenvalue weighted by Gasteiger charge is -2.10. The highest BCUT2D eigenvalue weighted by atomic mass is 16.5. The van der Waals surface area contributed by atoms with Gasteiger partial charge in [-0.05, 0) is 49.2 Å². The van der Waals surface area contributed by atoms with E-state index in [4.69, 9.17) is 14.9 Å². The number of furan rings is 1. The molecule has 0 aliphatic carbocycles. The highest BCUT2D eigenvalue weighted by molar-refractivity contribution is 5.63. The number of nitrogens with two attached hydrogens (primary N) is 1. The number of methoxy groups -OCH3 is 1. The standard InChI is InChI=1S/C14H17NO2/c1-9-6-11(7-10(2)14(9)16-3)13-5-4-12(8-15)17-13/h4-7H,8,15H2,1-3H3. The number of ether oxygens (including phenoxy) is 1. The predicted octanol–water partition coefficient (Wildman–Crippen LogP) is 3.03. The molecule has 1 aromatic carbocycles. The molecule has 3 nitrogen and oxygen atoms in total. The van der Waals surface area contributed by atoms with Crippen LogP contribution >= 0.6 is 0 Å². The normalized spacial score (nSPS) is 10.6. The fraction of sp³-hybridized carbons (Fsp3) is 0.286. The first kappa shape index (κ1) is 11.7. The van der Waals surface area contributed by atoms with E-state index < -0.39 is 0 Å². The largest absolute Gasteiger partial charge is 0.496 e. The van der Waals surface area contributed by atoms with Crippen LogP contribution in [-0.4, -0.2) is 7.11 Å². The average molecular weight is 231 g/mol. The van der Waals surface area contributed by atoms with Gasteiger partial charge in [0, 0.05) is 5.56 Å². The molecule has 0 radical (unpaired) electrons. The quantitative estimate of drug-likeness (QED) is 0.883. The summed E-state index contributed by atoms with van der Waals surface area (Å²) in [5.74, 6) is 2.57. The summed E-state index contributed by atoms with van der Waals surface area (Å²) in [5.41, 5.74) is 8.80. The summed E-state index contributed by atoms with van der Waals surface area (Å²) in [7, 11) is 1.69. The Labute approximate surface area is 101 Å². The molecule has 2 N–H and O–H groups in total. The van der Waals surface area contributed by atoms with E-state index in [1.807, 2.05) is 26.0 Å². The molecule has 90 valence electrons. The molecule has 0 aliphatic rings. The van der Waals surface area contributed by atoms with E-state index in [-0.39, 0.29) is 0 Å². The van der Waals surface area contributed by atoms with Gasteiger partial charge in [0.05, 0.1) is 13.7 Å². The Kier molecular flexibility index (Phi) is 3.20. The molecule has 1 aromatic heterocycles. The topological polar surface area (TPSA) is 48.4 Å². The molecule has 2 rings (SSSR count). The molecule has 17 heavy (non-hydrogen) atoms. The van der Waals surface area contributed by atoms with Gasteiger partial charge in [0.15, 0.2) is 0 Å². The Balaban J connectivity index is 2.46. The van der Waals surface area contributed by atoms with Gasteiger partial charge in [-0.3, -0.25) is 0 Å². The summed E-state index contributed by atoms with van der Waals surface area (Å²) in [6.07, 6.45) is 0. The van der Waals surface area contributed by atoms with Crippen LogP contribution in [0.1, 0.15) is 16.9 Å². The van der Waals surface area contributed by atoms with Crippen LogP contribution in [0.5, 0.6) is 5.75 Å². The first-order valence-electron chi connectivity index (χ1n) is 5.60. The number of aryl methyl sites for hydroxylation is 2. The van der Waals surface area contributed by atoms with Crippen molar-refractivity contribution >= 4 is 0 Å². The van der Waals surface area contributed by atoms with Gasteiger partial charge in [-0.25, -0.2) is 0 Å². The smallest absolute Gasteiger partial charge is 0.134 e. The van der Waals surface area contributed by atoms with Gasteiger partial charge < -0.3 is 14.9 Å². The third-order valence-electron chi connectivity index (χ3n) is 2.81. The van der Waals surface area contributed by atoms with Crippen molar-refractivity contribution in [2.75, 3.05) is 7.11 Å². The molecule has 3 heteroatoms. The van der Waals surface area contributed by atoms with E-state index in [0.717, 1.165) is 34.0 Å². The molecule has 0 spiro atoms. The van der Waals surface area contributed by atoms with Crippen LogP contribution in [0, 0.1) is 13.8 Å². The van der Waals surface area contributed by atoms with Crippen LogP contribution in [-0.2, 0) is 6.54 Å². The summed E-state index contributed by atoms with van der Waals surface area (Å²) < 4.78 is 11.0. The second kappa shape index (κ2) is 4.63. The van der Waals surface area contributed by atoms with Crippen LogP contribution in [0.15, 0.2) is 28.7 Å². The Hall–Kier alpha value is -1.74. The third kappa shape index (κ3) is 2.19. The number of hydrogen-bond donors (Lipinski definition) is 1. The van der Waals surface area contributed by atoms with Crippen molar-refractivity contribution in [2.45, 2.75) is 20.4 Å². The lowest BCUT2D eigenvalue weighted by Crippen LogP contribution is -1.93. The van der Waals surface area contributed by atoms with Crippen LogP contribution in [0.2, 0.25) is 0 Å². The minimum atomic E-state index is 0.425. The van der Waals surface area contributed by atoms with Crippen molar-refractivity contribution in [2.24, 2.45) is 5.73 Å². The van der Waals surface area contributed by atoms with Gasteiger partial charge in [-0.15, -0.1) is 0 Å². The van der Waals surface area contributed by atoms with Crippen molar-refractivity contribution in [1.82, 2.24) is 0 Å². The van der Waals surface area contributed by atoms with Gasteiger partial charge in [0.1, 0.15) is 17.3 Å². The highest BCUT2D eigenvalue weighted by Crippen LogP contribution is 2.30. The van der Waals surface area contributed by atoms with Crippen LogP contribution in [0.4, 0.5) is 0 Å². The minimum Gasteiger partial charge on any atom is -0.496 e. The maximum Gasteiger partial charge on any atom is 0.134 e. The molecule has 1 heterocycles. The van der Waals surface area contributed by atoms with Crippen LogP contribution < -0.4 is 10.5 Å². The van der Waals surface area contributed by atoms with Gasteiger partial charge in [0.25, 0.3) is 0 Å². The van der Waals surface area contributed by atoms with E-state index >= 15 is 0 Å². The van der Waals surface area contributed by atoms with Gasteiger partial charge >= 0.3 is 0 Å². The predicted molar refractivity (Wildman–Crippen MR) is 68.1 cm³/mol. The Morgan fingerprint density at radius 2 is 1.82 bits per heavy atom. The molecular weight excluding hydrogens is 214 g/mol. The molecule has 2 aromatic rings. The summed E-state index contributed by atoms with van der Waals surface area (Å²) >= 11 is 0. The van der Waals surface area contributed by atoms with Crippen molar-refractivity contribution in [1.29, 1.82) is 0 Å². The molecular formula is C14H17NO2. The number of benzene rings is 1. The lowest BCUT2D eigenvalue weighted by atomic mass is 10.0. The Morgan fingerprint density at radius 1 is 1.18 bits per heavy atom. The summed E-state index contributed by atoms with van der Waals surface area (Å²) in [5, 5.41) is 0. The van der Waals surface area contributed by atoms with E-state index in [1.54, 1.807) is 7.11 Å². The van der Waals surface area contributed by atoms with Crippen LogP contribution in [0.3, 0.4) is 0 Å². The van der Waals surface area contributed by atoms with Gasteiger partial charge in [-0.1, -0.05) is 0 Å². The van der Waals surface area contributed by atoms with E-state index in [1.165, 1.54) is 0 Å². The fourth-order valence-corrected chi connectivity index (χ4v) is 2.06. The average Bonchev–Trinajstić information content (AvgIpc) is 2.77. The molecule has 0 fully saturated rings. The Bertz CT molecular complexity index is 506. The SMILES string of the molecule is COc1c(C)cc(-c2ccc(CN)o2)cc1C. The zero-order valence-electron chi connectivity index (χ0n) is 10.4. The summed E-state index contributed by atoms with van der Waals surface area (Å²) in [6.45, 7) is 4.48. The van der Waals surface area contributed by atoms with E-state index in [0.29, 0.717) is 6.54 Å². The second-order valence-corrected chi connectivity index (χ2v) is 4.11. The molecule has 0 bridgehead atoms. The van der Waals surface area contributed by atoms with Crippen molar-refractivity contribution in [3.05, 3.63) is 41.2 Å². The molecule has 0 amide bonds. The molecule has 0 atom stereocenters. The Morgan fingerprint density at radius 3 is 2.29 bits per heavy atom. The third-order valence-corrected chi connectivity index (χ3v) is 2.81. The monoisotopic (exact) mass is 231 g/mol. The van der Waals surface area contributed by atoms with Crippen LogP contribution in [0.25, 0.3) is 11.3 Å². The molecule has 0 unspecified atom stereocenters. The van der Waals surface area contributed by atoms with E-state index in [2.05, 4.69) is 12.1 Å². The zero-order valence-corrected chi connectivity index (χ0v) is 10.4. The van der Waals surface area contributed by atoms with Crippen molar-refractivity contribution in [3.8, 4) is 17.1 Å². The zero-order chi connectivity index (χ0) is 12.4. The van der Waals surface area contributed by atoms with Crippen molar-refractivity contribution in [3.63, 3.8) is 0 Å². The van der Waals surface area contributed by atoms with E-state index in [9.17, 15) is 0 Å². The second-order valence-electron chi connectivity index (χ2n) is 4.11. The van der Waals surface area contributed by atoms with Gasteiger partial charge in [-0.2, -0.15) is 0 Å². The maximum absolute atomic E-state index is 5.64.